The molecule has 6 nitrogen and oxygen atoms in total. The van der Waals surface area contributed by atoms with Gasteiger partial charge in [-0.05, 0) is 18.2 Å². The average Bonchev–Trinajstić information content (AvgIpc) is 2.94. The van der Waals surface area contributed by atoms with Gasteiger partial charge in [-0.25, -0.2) is 13.9 Å². The molecule has 0 aliphatic rings. The fourth-order valence-corrected chi connectivity index (χ4v) is 2.36. The minimum Gasteiger partial charge on any atom is -0.505 e. The van der Waals surface area contributed by atoms with E-state index < -0.39 is 28.7 Å². The predicted molar refractivity (Wildman–Crippen MR) is 75.8 cm³/mol. The first kappa shape index (κ1) is 13.9. The Balaban J connectivity index is 2.30. The molecule has 0 atom stereocenters. The minimum absolute atomic E-state index is 0.156. The van der Waals surface area contributed by atoms with Gasteiger partial charge in [0.2, 0.25) is 0 Å². The largest absolute Gasteiger partial charge is 0.505 e. The number of aromatic nitrogens is 2. The van der Waals surface area contributed by atoms with E-state index in [1.807, 2.05) is 0 Å². The van der Waals surface area contributed by atoms with E-state index in [0.29, 0.717) is 0 Å². The number of benzene rings is 1. The van der Waals surface area contributed by atoms with Gasteiger partial charge in [0.05, 0.1) is 6.54 Å². The van der Waals surface area contributed by atoms with Gasteiger partial charge < -0.3 is 10.2 Å². The number of hydrogen-bond donors (Lipinski definition) is 2. The number of carbonyl (C=O) groups is 1. The lowest BCUT2D eigenvalue weighted by Crippen LogP contribution is -2.31. The fraction of sp³-hybridized carbons (Fsp3) is 0.0667. The number of rotatable bonds is 3. The normalized spacial score (nSPS) is 11.0. The van der Waals surface area contributed by atoms with Crippen LogP contribution >= 0.6 is 0 Å². The SMILES string of the molecule is O=C(O)c1c(O)c2cccn2n(Cc2ccccc2F)c1=O. The van der Waals surface area contributed by atoms with Gasteiger partial charge in [-0.3, -0.25) is 9.31 Å². The number of nitrogens with zero attached hydrogens (tertiary/aromatic N) is 2. The van der Waals surface area contributed by atoms with Crippen LogP contribution in [-0.2, 0) is 6.54 Å². The van der Waals surface area contributed by atoms with Crippen molar-refractivity contribution in [3.8, 4) is 5.75 Å². The van der Waals surface area contributed by atoms with Crippen molar-refractivity contribution < 1.29 is 19.4 Å². The van der Waals surface area contributed by atoms with Crippen LogP contribution in [0.15, 0.2) is 47.4 Å². The Morgan fingerprint density at radius 1 is 1.18 bits per heavy atom. The molecule has 0 aliphatic heterocycles. The van der Waals surface area contributed by atoms with Gasteiger partial charge in [0, 0.05) is 11.8 Å². The molecule has 22 heavy (non-hydrogen) atoms. The second kappa shape index (κ2) is 5.03. The van der Waals surface area contributed by atoms with Crippen molar-refractivity contribution in [2.45, 2.75) is 6.54 Å². The fourth-order valence-electron chi connectivity index (χ4n) is 2.36. The Morgan fingerprint density at radius 3 is 2.59 bits per heavy atom. The lowest BCUT2D eigenvalue weighted by atomic mass is 10.2. The van der Waals surface area contributed by atoms with Crippen molar-refractivity contribution in [2.75, 3.05) is 0 Å². The quantitative estimate of drug-likeness (QED) is 0.771. The summed E-state index contributed by atoms with van der Waals surface area (Å²) in [6.07, 6.45) is 1.49. The zero-order valence-corrected chi connectivity index (χ0v) is 11.2. The van der Waals surface area contributed by atoms with Gasteiger partial charge in [-0.15, -0.1) is 0 Å². The van der Waals surface area contributed by atoms with Gasteiger partial charge in [0.15, 0.2) is 11.3 Å². The topological polar surface area (TPSA) is 83.9 Å². The van der Waals surface area contributed by atoms with Crippen LogP contribution in [0.25, 0.3) is 5.52 Å². The number of carboxylic acids is 1. The molecule has 1 aromatic carbocycles. The number of hydrogen-bond acceptors (Lipinski definition) is 3. The van der Waals surface area contributed by atoms with Gasteiger partial charge in [0.25, 0.3) is 5.56 Å². The third kappa shape index (κ3) is 2.03. The maximum absolute atomic E-state index is 13.8. The summed E-state index contributed by atoms with van der Waals surface area (Å²) in [4.78, 5) is 23.6. The molecule has 0 radical (unpaired) electrons. The lowest BCUT2D eigenvalue weighted by molar-refractivity contribution is 0.0690. The van der Waals surface area contributed by atoms with E-state index >= 15 is 0 Å². The highest BCUT2D eigenvalue weighted by molar-refractivity contribution is 5.93. The second-order valence-corrected chi connectivity index (χ2v) is 4.72. The maximum atomic E-state index is 13.8. The molecule has 3 aromatic rings. The summed E-state index contributed by atoms with van der Waals surface area (Å²) in [7, 11) is 0. The van der Waals surface area contributed by atoms with Crippen LogP contribution in [0, 0.1) is 5.82 Å². The minimum atomic E-state index is -1.53. The summed E-state index contributed by atoms with van der Waals surface area (Å²) in [5.74, 6) is -2.64. The molecule has 112 valence electrons. The number of aromatic hydroxyl groups is 1. The summed E-state index contributed by atoms with van der Waals surface area (Å²) < 4.78 is 16.1. The summed E-state index contributed by atoms with van der Waals surface area (Å²) in [6, 6.07) is 8.92. The van der Waals surface area contributed by atoms with Crippen LogP contribution in [0.3, 0.4) is 0 Å². The van der Waals surface area contributed by atoms with E-state index in [9.17, 15) is 19.1 Å². The van der Waals surface area contributed by atoms with Gasteiger partial charge >= 0.3 is 5.97 Å². The number of aromatic carboxylic acids is 1. The van der Waals surface area contributed by atoms with Crippen molar-refractivity contribution >= 4 is 11.5 Å². The smallest absolute Gasteiger partial charge is 0.345 e. The van der Waals surface area contributed by atoms with Gasteiger partial charge in [-0.1, -0.05) is 18.2 Å². The Kier molecular flexibility index (Phi) is 3.17. The monoisotopic (exact) mass is 302 g/mol. The molecule has 2 N–H and O–H groups in total. The number of carboxylic acid groups (broad SMARTS) is 1. The second-order valence-electron chi connectivity index (χ2n) is 4.72. The molecule has 0 bridgehead atoms. The summed E-state index contributed by atoms with van der Waals surface area (Å²) in [5, 5.41) is 19.1. The predicted octanol–water partition coefficient (Wildman–Crippen LogP) is 1.69. The van der Waals surface area contributed by atoms with E-state index in [4.69, 9.17) is 5.11 Å². The van der Waals surface area contributed by atoms with E-state index in [0.717, 1.165) is 4.68 Å². The average molecular weight is 302 g/mol. The Labute approximate surface area is 123 Å². The van der Waals surface area contributed by atoms with Crippen LogP contribution in [-0.4, -0.2) is 25.4 Å². The highest BCUT2D eigenvalue weighted by Crippen LogP contribution is 2.21. The van der Waals surface area contributed by atoms with E-state index in [1.54, 1.807) is 12.1 Å². The first-order valence-electron chi connectivity index (χ1n) is 6.40. The summed E-state index contributed by atoms with van der Waals surface area (Å²) in [5.41, 5.74) is -1.24. The molecule has 0 saturated heterocycles. The summed E-state index contributed by atoms with van der Waals surface area (Å²) >= 11 is 0. The third-order valence-corrected chi connectivity index (χ3v) is 3.41. The molecule has 2 aromatic heterocycles. The molecular weight excluding hydrogens is 291 g/mol. The van der Waals surface area contributed by atoms with Crippen LogP contribution in [0.4, 0.5) is 4.39 Å². The van der Waals surface area contributed by atoms with Crippen molar-refractivity contribution in [3.05, 3.63) is 69.9 Å². The molecule has 3 rings (SSSR count). The van der Waals surface area contributed by atoms with Crippen molar-refractivity contribution in [1.29, 1.82) is 0 Å². The first-order valence-corrected chi connectivity index (χ1v) is 6.40. The van der Waals surface area contributed by atoms with Crippen LogP contribution in [0.1, 0.15) is 15.9 Å². The van der Waals surface area contributed by atoms with Gasteiger partial charge in [-0.2, -0.15) is 0 Å². The molecular formula is C15H11FN2O4. The van der Waals surface area contributed by atoms with Gasteiger partial charge in [0.1, 0.15) is 11.3 Å². The molecule has 0 unspecified atom stereocenters. The molecule has 0 aliphatic carbocycles. The van der Waals surface area contributed by atoms with Crippen molar-refractivity contribution in [3.63, 3.8) is 0 Å². The lowest BCUT2D eigenvalue weighted by Gasteiger charge is -2.13. The molecule has 7 heteroatoms. The zero-order chi connectivity index (χ0) is 15.9. The molecule has 0 spiro atoms. The molecule has 0 fully saturated rings. The number of fused-ring (bicyclic) bond motifs is 1. The van der Waals surface area contributed by atoms with Crippen LogP contribution in [0.5, 0.6) is 5.75 Å². The Morgan fingerprint density at radius 2 is 1.91 bits per heavy atom. The highest BCUT2D eigenvalue weighted by Gasteiger charge is 2.22. The van der Waals surface area contributed by atoms with E-state index in [1.165, 1.54) is 35.0 Å². The standard InChI is InChI=1S/C15H11FN2O4/c16-10-5-2-1-4-9(10)8-18-14(20)12(15(21)22)13(19)11-6-3-7-17(11)18/h1-7,19H,8H2,(H,21,22). The Bertz CT molecular complexity index is 942. The van der Waals surface area contributed by atoms with Crippen LogP contribution < -0.4 is 5.56 Å². The van der Waals surface area contributed by atoms with E-state index in [2.05, 4.69) is 0 Å². The van der Waals surface area contributed by atoms with Crippen molar-refractivity contribution in [2.24, 2.45) is 0 Å². The highest BCUT2D eigenvalue weighted by atomic mass is 19.1. The maximum Gasteiger partial charge on any atom is 0.345 e. The zero-order valence-electron chi connectivity index (χ0n) is 11.2. The molecule has 0 saturated carbocycles. The first-order chi connectivity index (χ1) is 10.5. The Hall–Kier alpha value is -3.09. The summed E-state index contributed by atoms with van der Waals surface area (Å²) in [6.45, 7) is -0.156. The van der Waals surface area contributed by atoms with Crippen LogP contribution in [0.2, 0.25) is 0 Å². The number of halogens is 1. The molecule has 0 amide bonds. The van der Waals surface area contributed by atoms with Crippen molar-refractivity contribution in [1.82, 2.24) is 9.20 Å². The van der Waals surface area contributed by atoms with E-state index in [-0.39, 0.29) is 17.6 Å². The third-order valence-electron chi connectivity index (χ3n) is 3.41. The molecule has 2 heterocycles.